The first kappa shape index (κ1) is 21.0. The van der Waals surface area contributed by atoms with Crippen molar-refractivity contribution in [2.24, 2.45) is 11.8 Å². The summed E-state index contributed by atoms with van der Waals surface area (Å²) in [6, 6.07) is 9.78. The van der Waals surface area contributed by atoms with E-state index in [1.54, 1.807) is 0 Å². The Hall–Kier alpha value is -1.70. The third-order valence-electron chi connectivity index (χ3n) is 6.70. The van der Waals surface area contributed by atoms with Gasteiger partial charge in [-0.15, -0.1) is 0 Å². The van der Waals surface area contributed by atoms with E-state index in [1.807, 2.05) is 18.2 Å². The van der Waals surface area contributed by atoms with Gasteiger partial charge in [0.2, 0.25) is 5.91 Å². The number of likely N-dealkylation sites (tertiary alicyclic amines) is 2. The molecule has 0 aromatic heterocycles. The first-order valence-electron chi connectivity index (χ1n) is 9.97. The monoisotopic (exact) mass is 404 g/mol. The largest absolute Gasteiger partial charge is 0.465 e. The van der Waals surface area contributed by atoms with Crippen LogP contribution in [0.1, 0.15) is 26.3 Å². The minimum atomic E-state index is -2.03. The number of fused-ring (bicyclic) bond motifs is 1. The molecule has 0 unspecified atom stereocenters. The third kappa shape index (κ3) is 4.02. The zero-order valence-electron chi connectivity index (χ0n) is 17.5. The van der Waals surface area contributed by atoms with Gasteiger partial charge in [-0.2, -0.15) is 0 Å². The number of hydrogen-bond donors (Lipinski definition) is 1. The van der Waals surface area contributed by atoms with Crippen molar-refractivity contribution in [1.82, 2.24) is 9.80 Å². The highest BCUT2D eigenvalue weighted by molar-refractivity contribution is 6.74. The van der Waals surface area contributed by atoms with Crippen LogP contribution in [-0.4, -0.2) is 61.0 Å². The van der Waals surface area contributed by atoms with Crippen molar-refractivity contribution in [3.8, 4) is 0 Å². The Kier molecular flexibility index (Phi) is 5.71. The van der Waals surface area contributed by atoms with Crippen molar-refractivity contribution in [1.29, 1.82) is 0 Å². The van der Waals surface area contributed by atoms with Crippen molar-refractivity contribution >= 4 is 20.3 Å². The topological polar surface area (TPSA) is 70.1 Å². The molecular weight excluding hydrogens is 372 g/mol. The molecule has 3 atom stereocenters. The van der Waals surface area contributed by atoms with Crippen LogP contribution in [0.25, 0.3) is 0 Å². The van der Waals surface area contributed by atoms with Crippen LogP contribution in [0, 0.1) is 11.8 Å². The van der Waals surface area contributed by atoms with E-state index in [1.165, 1.54) is 5.56 Å². The number of carboxylic acid groups (broad SMARTS) is 1. The molecule has 7 heteroatoms. The normalized spacial score (nSPS) is 26.0. The van der Waals surface area contributed by atoms with Crippen molar-refractivity contribution in [2.75, 3.05) is 19.7 Å². The van der Waals surface area contributed by atoms with Gasteiger partial charge in [0.25, 0.3) is 0 Å². The Morgan fingerprint density at radius 1 is 1.21 bits per heavy atom. The van der Waals surface area contributed by atoms with Crippen LogP contribution in [0.15, 0.2) is 30.3 Å². The van der Waals surface area contributed by atoms with E-state index >= 15 is 0 Å². The smallest absolute Gasteiger partial charge is 0.414 e. The minimum absolute atomic E-state index is 0.00270. The van der Waals surface area contributed by atoms with E-state index in [2.05, 4.69) is 50.9 Å². The SMILES string of the molecule is CC(C)(C)[Si](C)(C)OC[C@@H]1[C@H]2CN(Cc3ccccc3)C[C@H]2C(=O)N1C(=O)O. The molecule has 0 aliphatic carbocycles. The zero-order valence-corrected chi connectivity index (χ0v) is 18.5. The maximum Gasteiger partial charge on any atom is 0.414 e. The summed E-state index contributed by atoms with van der Waals surface area (Å²) in [6.45, 7) is 13.2. The van der Waals surface area contributed by atoms with E-state index in [0.717, 1.165) is 18.0 Å². The Morgan fingerprint density at radius 3 is 2.43 bits per heavy atom. The molecule has 6 nitrogen and oxygen atoms in total. The summed E-state index contributed by atoms with van der Waals surface area (Å²) in [6.07, 6.45) is -1.15. The molecule has 0 bridgehead atoms. The second-order valence-electron chi connectivity index (χ2n) is 9.58. The Bertz CT molecular complexity index is 732. The molecule has 0 radical (unpaired) electrons. The second kappa shape index (κ2) is 7.61. The van der Waals surface area contributed by atoms with Crippen LogP contribution >= 0.6 is 0 Å². The fraction of sp³-hybridized carbons (Fsp3) is 0.619. The highest BCUT2D eigenvalue weighted by Gasteiger charge is 2.55. The van der Waals surface area contributed by atoms with Crippen LogP contribution < -0.4 is 0 Å². The van der Waals surface area contributed by atoms with Crippen molar-refractivity contribution in [3.05, 3.63) is 35.9 Å². The van der Waals surface area contributed by atoms with Gasteiger partial charge in [-0.25, -0.2) is 9.69 Å². The lowest BCUT2D eigenvalue weighted by Crippen LogP contribution is -2.49. The molecule has 1 aromatic rings. The van der Waals surface area contributed by atoms with Gasteiger partial charge >= 0.3 is 6.09 Å². The Balaban J connectivity index is 1.74. The van der Waals surface area contributed by atoms with E-state index in [-0.39, 0.29) is 22.8 Å². The maximum absolute atomic E-state index is 12.8. The fourth-order valence-corrected chi connectivity index (χ4v) is 5.03. The predicted octanol–water partition coefficient (Wildman–Crippen LogP) is 3.65. The summed E-state index contributed by atoms with van der Waals surface area (Å²) in [5, 5.41) is 9.69. The van der Waals surface area contributed by atoms with Crippen molar-refractivity contribution < 1.29 is 19.1 Å². The van der Waals surface area contributed by atoms with Crippen LogP contribution in [-0.2, 0) is 15.8 Å². The minimum Gasteiger partial charge on any atom is -0.465 e. The number of carbonyl (C=O) groups excluding carboxylic acids is 1. The summed E-state index contributed by atoms with van der Waals surface area (Å²) >= 11 is 0. The lowest BCUT2D eigenvalue weighted by molar-refractivity contribution is -0.130. The van der Waals surface area contributed by atoms with Crippen LogP contribution in [0.5, 0.6) is 0 Å². The van der Waals surface area contributed by atoms with E-state index < -0.39 is 20.5 Å². The second-order valence-corrected chi connectivity index (χ2v) is 14.4. The van der Waals surface area contributed by atoms with E-state index in [0.29, 0.717) is 13.2 Å². The quantitative estimate of drug-likeness (QED) is 0.759. The van der Waals surface area contributed by atoms with Crippen molar-refractivity contribution in [3.63, 3.8) is 0 Å². The summed E-state index contributed by atoms with van der Waals surface area (Å²) in [7, 11) is -2.03. The lowest BCUT2D eigenvalue weighted by Gasteiger charge is -2.38. The van der Waals surface area contributed by atoms with Crippen LogP contribution in [0.4, 0.5) is 4.79 Å². The molecular formula is C21H32N2O4Si. The molecule has 1 N–H and O–H groups in total. The van der Waals surface area contributed by atoms with Gasteiger partial charge in [0.05, 0.1) is 18.6 Å². The van der Waals surface area contributed by atoms with Gasteiger partial charge in [0.15, 0.2) is 8.32 Å². The Morgan fingerprint density at radius 2 is 1.86 bits per heavy atom. The zero-order chi connectivity index (χ0) is 20.7. The van der Waals surface area contributed by atoms with Gasteiger partial charge in [0, 0.05) is 25.6 Å². The number of rotatable bonds is 5. The standard InChI is InChI=1S/C21H32N2O4Si/c1-21(2,3)28(4,5)27-14-18-16-12-22(11-15-9-7-6-8-10-15)13-17(16)19(24)23(18)20(25)26/h6-10,16-18H,11-14H2,1-5H3,(H,25,26)/t16-,17+,18+/m0/s1. The molecule has 28 heavy (non-hydrogen) atoms. The maximum atomic E-state index is 12.8. The molecule has 2 aliphatic heterocycles. The Labute approximate surface area is 168 Å². The molecule has 0 saturated carbocycles. The fourth-order valence-electron chi connectivity index (χ4n) is 4.01. The number of hydrogen-bond acceptors (Lipinski definition) is 4. The number of nitrogens with zero attached hydrogens (tertiary/aromatic N) is 2. The molecule has 2 heterocycles. The van der Waals surface area contributed by atoms with Gasteiger partial charge in [-0.3, -0.25) is 9.69 Å². The van der Waals surface area contributed by atoms with Gasteiger partial charge in [0.1, 0.15) is 0 Å². The predicted molar refractivity (Wildman–Crippen MR) is 111 cm³/mol. The molecule has 2 aliphatic rings. The van der Waals surface area contributed by atoms with Gasteiger partial charge in [-0.1, -0.05) is 51.1 Å². The van der Waals surface area contributed by atoms with Gasteiger partial charge in [-0.05, 0) is 23.7 Å². The summed E-state index contributed by atoms with van der Waals surface area (Å²) < 4.78 is 6.33. The van der Waals surface area contributed by atoms with Crippen LogP contribution in [0.3, 0.4) is 0 Å². The van der Waals surface area contributed by atoms with Gasteiger partial charge < -0.3 is 9.53 Å². The number of benzene rings is 1. The molecule has 2 fully saturated rings. The number of amides is 2. The first-order chi connectivity index (χ1) is 13.0. The molecule has 0 spiro atoms. The lowest BCUT2D eigenvalue weighted by atomic mass is 9.94. The summed E-state index contributed by atoms with van der Waals surface area (Å²) in [4.78, 5) is 27.9. The van der Waals surface area contributed by atoms with Crippen molar-refractivity contribution in [2.45, 2.75) is 51.5 Å². The average Bonchev–Trinajstić information content (AvgIpc) is 3.11. The first-order valence-corrected chi connectivity index (χ1v) is 12.9. The summed E-state index contributed by atoms with van der Waals surface area (Å²) in [5.74, 6) is -0.526. The summed E-state index contributed by atoms with van der Waals surface area (Å²) in [5.41, 5.74) is 1.21. The molecule has 2 saturated heterocycles. The highest BCUT2D eigenvalue weighted by atomic mass is 28.4. The van der Waals surface area contributed by atoms with E-state index in [9.17, 15) is 14.7 Å². The molecule has 3 rings (SSSR count). The molecule has 1 aromatic carbocycles. The molecule has 2 amide bonds. The average molecular weight is 405 g/mol. The highest BCUT2D eigenvalue weighted by Crippen LogP contribution is 2.41. The van der Waals surface area contributed by atoms with E-state index in [4.69, 9.17) is 4.43 Å². The number of imide groups is 1. The van der Waals surface area contributed by atoms with Crippen LogP contribution in [0.2, 0.25) is 18.1 Å². The number of carbonyl (C=O) groups is 2. The third-order valence-corrected chi connectivity index (χ3v) is 11.2. The molecule has 154 valence electrons.